The molecule has 1 aliphatic heterocycles. The number of amides is 2. The maximum Gasteiger partial charge on any atom is 0.312 e. The van der Waals surface area contributed by atoms with Crippen LogP contribution in [0.5, 0.6) is 0 Å². The Balaban J connectivity index is 1.32. The van der Waals surface area contributed by atoms with E-state index < -0.39 is 4.92 Å². The van der Waals surface area contributed by atoms with Crippen LogP contribution >= 0.6 is 0 Å². The lowest BCUT2D eigenvalue weighted by Crippen LogP contribution is -2.46. The molecule has 1 saturated heterocycles. The summed E-state index contributed by atoms with van der Waals surface area (Å²) in [6.07, 6.45) is 1.41. The first-order valence-corrected chi connectivity index (χ1v) is 11.3. The van der Waals surface area contributed by atoms with Crippen LogP contribution in [0.1, 0.15) is 50.5 Å². The highest BCUT2D eigenvalue weighted by molar-refractivity contribution is 5.95. The third-order valence-corrected chi connectivity index (χ3v) is 6.21. The van der Waals surface area contributed by atoms with Gasteiger partial charge in [-0.15, -0.1) is 0 Å². The van der Waals surface area contributed by atoms with Gasteiger partial charge in [0.05, 0.1) is 11.5 Å². The van der Waals surface area contributed by atoms with Crippen molar-refractivity contribution in [2.45, 2.75) is 39.3 Å². The molecule has 1 N–H and O–H groups in total. The van der Waals surface area contributed by atoms with Crippen molar-refractivity contribution in [2.75, 3.05) is 13.1 Å². The first kappa shape index (κ1) is 23.2. The summed E-state index contributed by atoms with van der Waals surface area (Å²) in [6, 6.07) is 16.4. The Morgan fingerprint density at radius 1 is 1.03 bits per heavy atom. The molecule has 0 spiro atoms. The lowest BCUT2D eigenvalue weighted by Gasteiger charge is -2.32. The van der Waals surface area contributed by atoms with Crippen LogP contribution in [0.4, 0.5) is 5.69 Å². The van der Waals surface area contributed by atoms with Gasteiger partial charge in [-0.1, -0.05) is 30.3 Å². The summed E-state index contributed by atoms with van der Waals surface area (Å²) in [7, 11) is 0. The van der Waals surface area contributed by atoms with E-state index in [1.807, 2.05) is 35.2 Å². The molecule has 1 aromatic heterocycles. The largest absolute Gasteiger partial charge is 0.349 e. The fourth-order valence-electron chi connectivity index (χ4n) is 4.30. The van der Waals surface area contributed by atoms with E-state index in [2.05, 4.69) is 10.4 Å². The normalized spacial score (nSPS) is 14.1. The number of benzene rings is 2. The van der Waals surface area contributed by atoms with Gasteiger partial charge in [0, 0.05) is 30.3 Å². The van der Waals surface area contributed by atoms with E-state index in [1.54, 1.807) is 42.8 Å². The van der Waals surface area contributed by atoms with Crippen LogP contribution < -0.4 is 5.32 Å². The zero-order chi connectivity index (χ0) is 24.2. The summed E-state index contributed by atoms with van der Waals surface area (Å²) >= 11 is 0. The lowest BCUT2D eigenvalue weighted by atomic mass is 10.0. The van der Waals surface area contributed by atoms with Gasteiger partial charge in [-0.25, -0.2) is 0 Å². The molecule has 3 aromatic rings. The summed E-state index contributed by atoms with van der Waals surface area (Å²) in [5, 5.41) is 18.5. The molecule has 34 heavy (non-hydrogen) atoms. The quantitative estimate of drug-likeness (QED) is 0.446. The van der Waals surface area contributed by atoms with Crippen molar-refractivity contribution < 1.29 is 14.5 Å². The van der Waals surface area contributed by atoms with Gasteiger partial charge in [-0.3, -0.25) is 24.4 Å². The number of aromatic nitrogens is 2. The molecule has 1 fully saturated rings. The SMILES string of the molecule is Cc1nn(Cc2ccc(C(=O)N3CCC(NC(=O)c4ccccc4)CC3)cc2)c(C)c1[N+](=O)[O-]. The molecule has 4 rings (SSSR count). The second-order valence-corrected chi connectivity index (χ2v) is 8.54. The van der Waals surface area contributed by atoms with Gasteiger partial charge < -0.3 is 10.2 Å². The second kappa shape index (κ2) is 9.86. The fraction of sp³-hybridized carbons (Fsp3) is 0.320. The molecule has 0 aliphatic carbocycles. The van der Waals surface area contributed by atoms with Crippen LogP contribution in [0.2, 0.25) is 0 Å². The van der Waals surface area contributed by atoms with Crippen molar-refractivity contribution in [2.24, 2.45) is 0 Å². The Morgan fingerprint density at radius 2 is 1.68 bits per heavy atom. The molecule has 9 heteroatoms. The maximum atomic E-state index is 12.9. The summed E-state index contributed by atoms with van der Waals surface area (Å²) < 4.78 is 1.61. The van der Waals surface area contributed by atoms with Crippen LogP contribution in [-0.4, -0.2) is 50.5 Å². The molecule has 2 aromatic carbocycles. The van der Waals surface area contributed by atoms with Crippen LogP contribution in [0, 0.1) is 24.0 Å². The molecule has 0 atom stereocenters. The standard InChI is InChI=1S/C25H27N5O4/c1-17-23(30(33)34)18(2)29(27-17)16-19-8-10-21(11-9-19)25(32)28-14-12-22(13-15-28)26-24(31)20-6-4-3-5-7-20/h3-11,22H,12-16H2,1-2H3,(H,26,31). The average Bonchev–Trinajstić information content (AvgIpc) is 3.12. The van der Waals surface area contributed by atoms with Gasteiger partial charge in [-0.05, 0) is 56.5 Å². The van der Waals surface area contributed by atoms with Crippen LogP contribution in [0.3, 0.4) is 0 Å². The number of hydrogen-bond acceptors (Lipinski definition) is 5. The van der Waals surface area contributed by atoms with E-state index in [1.165, 1.54) is 0 Å². The third kappa shape index (κ3) is 4.98. The molecule has 0 saturated carbocycles. The highest BCUT2D eigenvalue weighted by Gasteiger charge is 2.25. The number of hydrogen-bond donors (Lipinski definition) is 1. The molecule has 0 bridgehead atoms. The van der Waals surface area contributed by atoms with Gasteiger partial charge in [-0.2, -0.15) is 5.10 Å². The second-order valence-electron chi connectivity index (χ2n) is 8.54. The Morgan fingerprint density at radius 3 is 2.26 bits per heavy atom. The van der Waals surface area contributed by atoms with Crippen molar-refractivity contribution in [3.05, 3.63) is 92.8 Å². The van der Waals surface area contributed by atoms with E-state index >= 15 is 0 Å². The minimum absolute atomic E-state index is 0.0372. The van der Waals surface area contributed by atoms with Crippen molar-refractivity contribution >= 4 is 17.5 Å². The number of likely N-dealkylation sites (tertiary alicyclic amines) is 1. The first-order chi connectivity index (χ1) is 16.3. The topological polar surface area (TPSA) is 110 Å². The Bertz CT molecular complexity index is 1200. The van der Waals surface area contributed by atoms with Crippen LogP contribution in [-0.2, 0) is 6.54 Å². The summed E-state index contributed by atoms with van der Waals surface area (Å²) in [4.78, 5) is 37.9. The van der Waals surface area contributed by atoms with Gasteiger partial charge in [0.1, 0.15) is 11.4 Å². The van der Waals surface area contributed by atoms with E-state index in [-0.39, 0.29) is 23.5 Å². The third-order valence-electron chi connectivity index (χ3n) is 6.21. The minimum atomic E-state index is -0.411. The number of carbonyl (C=O) groups is 2. The minimum Gasteiger partial charge on any atom is -0.349 e. The number of piperidine rings is 1. The summed E-state index contributed by atoms with van der Waals surface area (Å²) in [5.41, 5.74) is 3.06. The zero-order valence-electron chi connectivity index (χ0n) is 19.2. The lowest BCUT2D eigenvalue weighted by molar-refractivity contribution is -0.386. The number of nitro groups is 1. The number of nitrogens with zero attached hydrogens (tertiary/aromatic N) is 4. The Kier molecular flexibility index (Phi) is 6.72. The van der Waals surface area contributed by atoms with Crippen molar-refractivity contribution in [1.82, 2.24) is 20.0 Å². The summed E-state index contributed by atoms with van der Waals surface area (Å²) in [5.74, 6) is -0.130. The molecule has 176 valence electrons. The van der Waals surface area contributed by atoms with Crippen molar-refractivity contribution in [1.29, 1.82) is 0 Å². The smallest absolute Gasteiger partial charge is 0.312 e. The fourth-order valence-corrected chi connectivity index (χ4v) is 4.30. The van der Waals surface area contributed by atoms with E-state index in [9.17, 15) is 19.7 Å². The average molecular weight is 462 g/mol. The van der Waals surface area contributed by atoms with Gasteiger partial charge >= 0.3 is 5.69 Å². The van der Waals surface area contributed by atoms with Gasteiger partial charge in [0.15, 0.2) is 0 Å². The molecule has 0 unspecified atom stereocenters. The number of nitrogens with one attached hydrogen (secondary N) is 1. The molecule has 2 amide bonds. The molecule has 1 aliphatic rings. The number of carbonyl (C=O) groups excluding carboxylic acids is 2. The highest BCUT2D eigenvalue weighted by atomic mass is 16.6. The zero-order valence-corrected chi connectivity index (χ0v) is 19.2. The predicted molar refractivity (Wildman–Crippen MR) is 127 cm³/mol. The van der Waals surface area contributed by atoms with Crippen molar-refractivity contribution in [3.63, 3.8) is 0 Å². The molecular weight excluding hydrogens is 434 g/mol. The highest BCUT2D eigenvalue weighted by Crippen LogP contribution is 2.23. The Labute approximate surface area is 197 Å². The molecule has 9 nitrogen and oxygen atoms in total. The monoisotopic (exact) mass is 461 g/mol. The predicted octanol–water partition coefficient (Wildman–Crippen LogP) is 3.49. The molecule has 0 radical (unpaired) electrons. The van der Waals surface area contributed by atoms with E-state index in [0.717, 1.165) is 5.56 Å². The van der Waals surface area contributed by atoms with Gasteiger partial charge in [0.25, 0.3) is 11.8 Å². The number of aryl methyl sites for hydroxylation is 1. The summed E-state index contributed by atoms with van der Waals surface area (Å²) in [6.45, 7) is 4.86. The number of rotatable bonds is 6. The van der Waals surface area contributed by atoms with E-state index in [4.69, 9.17) is 0 Å². The first-order valence-electron chi connectivity index (χ1n) is 11.3. The van der Waals surface area contributed by atoms with E-state index in [0.29, 0.717) is 55.0 Å². The van der Waals surface area contributed by atoms with Crippen LogP contribution in [0.15, 0.2) is 54.6 Å². The Hall–Kier alpha value is -4.01. The molecular formula is C25H27N5O4. The van der Waals surface area contributed by atoms with Gasteiger partial charge in [0.2, 0.25) is 0 Å². The van der Waals surface area contributed by atoms with Crippen molar-refractivity contribution in [3.8, 4) is 0 Å². The van der Waals surface area contributed by atoms with Crippen LogP contribution in [0.25, 0.3) is 0 Å². The maximum absolute atomic E-state index is 12.9. The molecule has 2 heterocycles.